The summed E-state index contributed by atoms with van der Waals surface area (Å²) in [5.41, 5.74) is 1.15. The second-order valence-corrected chi connectivity index (χ2v) is 8.68. The molecule has 2 aliphatic heterocycles. The van der Waals surface area contributed by atoms with Gasteiger partial charge in [0.2, 0.25) is 0 Å². The van der Waals surface area contributed by atoms with Crippen LogP contribution in [0.2, 0.25) is 0 Å². The second kappa shape index (κ2) is 10.7. The average molecular weight is 479 g/mol. The van der Waals surface area contributed by atoms with Gasteiger partial charge < -0.3 is 29.1 Å². The number of benzene rings is 2. The van der Waals surface area contributed by atoms with Crippen molar-refractivity contribution in [2.75, 3.05) is 47.0 Å². The van der Waals surface area contributed by atoms with Crippen LogP contribution in [-0.2, 0) is 9.59 Å². The summed E-state index contributed by atoms with van der Waals surface area (Å²) < 4.78 is 16.8. The Labute approximate surface area is 205 Å². The Morgan fingerprint density at radius 3 is 2.54 bits per heavy atom. The first-order chi connectivity index (χ1) is 16.9. The molecule has 1 amide bonds. The number of aliphatic hydroxyl groups excluding tert-OH is 1. The SMILES string of the molecule is C=CCOc1ccc(C2/C(=C(\O)c3ccc4c(c3)OCCO4)C(=O)C(=O)N2CCCN(C)C)cc1. The van der Waals surface area contributed by atoms with Gasteiger partial charge in [-0.25, -0.2) is 0 Å². The molecule has 35 heavy (non-hydrogen) atoms. The van der Waals surface area contributed by atoms with E-state index in [0.717, 1.165) is 6.54 Å². The van der Waals surface area contributed by atoms with Crippen LogP contribution in [0.4, 0.5) is 0 Å². The van der Waals surface area contributed by atoms with E-state index in [4.69, 9.17) is 14.2 Å². The highest BCUT2D eigenvalue weighted by molar-refractivity contribution is 6.46. The zero-order valence-corrected chi connectivity index (χ0v) is 20.0. The minimum Gasteiger partial charge on any atom is -0.507 e. The first-order valence-corrected chi connectivity index (χ1v) is 11.6. The third kappa shape index (κ3) is 5.17. The number of amides is 1. The van der Waals surface area contributed by atoms with Gasteiger partial charge in [-0.2, -0.15) is 0 Å². The highest BCUT2D eigenvalue weighted by Crippen LogP contribution is 2.41. The van der Waals surface area contributed by atoms with Gasteiger partial charge in [-0.3, -0.25) is 9.59 Å². The van der Waals surface area contributed by atoms with Gasteiger partial charge in [-0.15, -0.1) is 0 Å². The van der Waals surface area contributed by atoms with Gasteiger partial charge in [0.15, 0.2) is 11.5 Å². The van der Waals surface area contributed by atoms with E-state index in [9.17, 15) is 14.7 Å². The molecule has 2 aromatic rings. The maximum atomic E-state index is 13.2. The lowest BCUT2D eigenvalue weighted by Crippen LogP contribution is -2.32. The second-order valence-electron chi connectivity index (χ2n) is 8.68. The standard InChI is InChI=1S/C27H30N2O6/c1-4-14-33-20-9-6-18(7-10-20)24-23(26(31)27(32)29(24)13-5-12-28(2)3)25(30)19-8-11-21-22(17-19)35-16-15-34-21/h4,6-11,17,24,30H,1,5,12-16H2,2-3H3/b25-23+. The fourth-order valence-corrected chi connectivity index (χ4v) is 4.26. The van der Waals surface area contributed by atoms with Crippen LogP contribution in [0, 0.1) is 0 Å². The van der Waals surface area contributed by atoms with Crippen LogP contribution < -0.4 is 14.2 Å². The molecule has 0 saturated carbocycles. The number of hydrogen-bond acceptors (Lipinski definition) is 7. The van der Waals surface area contributed by atoms with Crippen LogP contribution in [-0.4, -0.2) is 73.6 Å². The zero-order chi connectivity index (χ0) is 24.9. The largest absolute Gasteiger partial charge is 0.507 e. The molecule has 0 aliphatic carbocycles. The summed E-state index contributed by atoms with van der Waals surface area (Å²) in [7, 11) is 3.91. The minimum absolute atomic E-state index is 0.0521. The molecule has 184 valence electrons. The normalized spacial score (nSPS) is 18.7. The molecule has 8 heteroatoms. The Morgan fingerprint density at radius 2 is 1.86 bits per heavy atom. The monoisotopic (exact) mass is 478 g/mol. The Hall–Kier alpha value is -3.78. The molecule has 1 N–H and O–H groups in total. The summed E-state index contributed by atoms with van der Waals surface area (Å²) in [5, 5.41) is 11.3. The lowest BCUT2D eigenvalue weighted by atomic mass is 9.95. The number of Topliss-reactive ketones (excluding diaryl/α,β-unsaturated/α-hetero) is 1. The molecule has 1 unspecified atom stereocenters. The summed E-state index contributed by atoms with van der Waals surface area (Å²) in [6.07, 6.45) is 2.34. The summed E-state index contributed by atoms with van der Waals surface area (Å²) in [5.74, 6) is 0.126. The molecule has 1 fully saturated rings. The number of carbonyl (C=O) groups excluding carboxylic acids is 2. The number of ketones is 1. The van der Waals surface area contributed by atoms with Crippen molar-refractivity contribution in [3.05, 3.63) is 71.8 Å². The van der Waals surface area contributed by atoms with Crippen LogP contribution in [0.1, 0.15) is 23.6 Å². The summed E-state index contributed by atoms with van der Waals surface area (Å²) in [6.45, 7) is 5.99. The van der Waals surface area contributed by atoms with Gasteiger partial charge in [-0.05, 0) is 63.0 Å². The van der Waals surface area contributed by atoms with Crippen molar-refractivity contribution in [3.8, 4) is 17.2 Å². The van der Waals surface area contributed by atoms with E-state index in [1.807, 2.05) is 31.1 Å². The minimum atomic E-state index is -0.723. The van der Waals surface area contributed by atoms with E-state index >= 15 is 0 Å². The average Bonchev–Trinajstić information content (AvgIpc) is 3.12. The van der Waals surface area contributed by atoms with E-state index in [0.29, 0.717) is 61.2 Å². The fraction of sp³-hybridized carbons (Fsp3) is 0.333. The van der Waals surface area contributed by atoms with Gasteiger partial charge in [0.05, 0.1) is 11.6 Å². The van der Waals surface area contributed by atoms with Crippen molar-refractivity contribution < 1.29 is 28.9 Å². The number of likely N-dealkylation sites (tertiary alicyclic amines) is 1. The fourth-order valence-electron chi connectivity index (χ4n) is 4.26. The third-order valence-electron chi connectivity index (χ3n) is 5.92. The Bertz CT molecular complexity index is 1140. The zero-order valence-electron chi connectivity index (χ0n) is 20.0. The van der Waals surface area contributed by atoms with E-state index < -0.39 is 17.7 Å². The quantitative estimate of drug-likeness (QED) is 0.256. The van der Waals surface area contributed by atoms with Crippen molar-refractivity contribution in [2.45, 2.75) is 12.5 Å². The van der Waals surface area contributed by atoms with E-state index in [1.165, 1.54) is 4.90 Å². The van der Waals surface area contributed by atoms with Crippen molar-refractivity contribution >= 4 is 17.4 Å². The summed E-state index contributed by atoms with van der Waals surface area (Å²) in [4.78, 5) is 29.8. The molecule has 8 nitrogen and oxygen atoms in total. The number of rotatable bonds is 9. The molecule has 0 aromatic heterocycles. The van der Waals surface area contributed by atoms with Gasteiger partial charge >= 0.3 is 0 Å². The molecule has 1 atom stereocenters. The Kier molecular flexibility index (Phi) is 7.41. The van der Waals surface area contributed by atoms with Gasteiger partial charge in [-0.1, -0.05) is 24.8 Å². The highest BCUT2D eigenvalue weighted by atomic mass is 16.6. The Morgan fingerprint density at radius 1 is 1.14 bits per heavy atom. The first-order valence-electron chi connectivity index (χ1n) is 11.6. The van der Waals surface area contributed by atoms with E-state index in [1.54, 1.807) is 36.4 Å². The van der Waals surface area contributed by atoms with Crippen LogP contribution in [0.15, 0.2) is 60.7 Å². The van der Waals surface area contributed by atoms with Crippen molar-refractivity contribution in [1.82, 2.24) is 9.80 Å². The van der Waals surface area contributed by atoms with Crippen LogP contribution in [0.25, 0.3) is 5.76 Å². The van der Waals surface area contributed by atoms with E-state index in [2.05, 4.69) is 6.58 Å². The van der Waals surface area contributed by atoms with Crippen LogP contribution >= 0.6 is 0 Å². The third-order valence-corrected chi connectivity index (χ3v) is 5.92. The lowest BCUT2D eigenvalue weighted by Gasteiger charge is -2.26. The highest BCUT2D eigenvalue weighted by Gasteiger charge is 2.45. The van der Waals surface area contributed by atoms with Crippen molar-refractivity contribution in [3.63, 3.8) is 0 Å². The summed E-state index contributed by atoms with van der Waals surface area (Å²) in [6, 6.07) is 11.4. The van der Waals surface area contributed by atoms with Gasteiger partial charge in [0.25, 0.3) is 11.7 Å². The predicted octanol–water partition coefficient (Wildman–Crippen LogP) is 3.40. The predicted molar refractivity (Wildman–Crippen MR) is 132 cm³/mol. The maximum Gasteiger partial charge on any atom is 0.295 e. The molecule has 2 aromatic carbocycles. The maximum absolute atomic E-state index is 13.2. The Balaban J connectivity index is 1.74. The number of aliphatic hydroxyl groups is 1. The lowest BCUT2D eigenvalue weighted by molar-refractivity contribution is -0.139. The van der Waals surface area contributed by atoms with Crippen LogP contribution in [0.5, 0.6) is 17.2 Å². The summed E-state index contributed by atoms with van der Waals surface area (Å²) >= 11 is 0. The number of carbonyl (C=O) groups is 2. The number of fused-ring (bicyclic) bond motifs is 1. The smallest absolute Gasteiger partial charge is 0.295 e. The molecule has 4 rings (SSSR count). The van der Waals surface area contributed by atoms with Crippen LogP contribution in [0.3, 0.4) is 0 Å². The first kappa shape index (κ1) is 24.3. The number of ether oxygens (including phenoxy) is 3. The molecule has 0 radical (unpaired) electrons. The number of nitrogens with zero attached hydrogens (tertiary/aromatic N) is 2. The number of hydrogen-bond donors (Lipinski definition) is 1. The van der Waals surface area contributed by atoms with Crippen molar-refractivity contribution in [2.24, 2.45) is 0 Å². The topological polar surface area (TPSA) is 88.5 Å². The molecule has 0 spiro atoms. The molecular weight excluding hydrogens is 448 g/mol. The molecule has 2 aliphatic rings. The molecule has 1 saturated heterocycles. The molecular formula is C27H30N2O6. The molecule has 0 bridgehead atoms. The van der Waals surface area contributed by atoms with Gasteiger partial charge in [0, 0.05) is 12.1 Å². The van der Waals surface area contributed by atoms with Crippen molar-refractivity contribution in [1.29, 1.82) is 0 Å². The van der Waals surface area contributed by atoms with Gasteiger partial charge in [0.1, 0.15) is 31.3 Å². The molecule has 2 heterocycles. The van der Waals surface area contributed by atoms with E-state index in [-0.39, 0.29) is 11.3 Å².